The summed E-state index contributed by atoms with van der Waals surface area (Å²) in [4.78, 5) is 0.419. The topological polar surface area (TPSA) is 75.4 Å². The molecule has 1 fully saturated rings. The lowest BCUT2D eigenvalue weighted by molar-refractivity contribution is 0.202. The Morgan fingerprint density at radius 3 is 2.33 bits per heavy atom. The average Bonchev–Trinajstić information content (AvgIpc) is 2.40. The summed E-state index contributed by atoms with van der Waals surface area (Å²) in [5.41, 5.74) is 4.76. The highest BCUT2D eigenvalue weighted by atomic mass is 32.2. The second kappa shape index (κ2) is 5.94. The lowest BCUT2D eigenvalue weighted by Crippen LogP contribution is -2.46. The summed E-state index contributed by atoms with van der Waals surface area (Å²) in [5, 5.41) is 0. The number of benzene rings is 1. The van der Waals surface area contributed by atoms with Gasteiger partial charge in [0.25, 0.3) is 0 Å². The molecule has 6 heteroatoms. The first-order valence-electron chi connectivity index (χ1n) is 7.38. The normalized spacial score (nSPS) is 24.0. The maximum atomic E-state index is 13.1. The molecule has 0 bridgehead atoms. The molecule has 0 aromatic heterocycles. The van der Waals surface area contributed by atoms with Gasteiger partial charge in [-0.05, 0) is 62.8 Å². The molecule has 1 aromatic carbocycles. The third-order valence-corrected chi connectivity index (χ3v) is 6.80. The minimum atomic E-state index is -3.47. The minimum absolute atomic E-state index is 0.0369. The van der Waals surface area contributed by atoms with Gasteiger partial charge in [-0.3, -0.25) is 5.84 Å². The number of hydrogen-bond acceptors (Lipinski definition) is 4. The maximum absolute atomic E-state index is 13.1. The van der Waals surface area contributed by atoms with Gasteiger partial charge in [0.05, 0.1) is 4.90 Å². The molecule has 118 valence electrons. The zero-order valence-corrected chi connectivity index (χ0v) is 14.0. The fraction of sp³-hybridized carbons (Fsp3) is 0.600. The van der Waals surface area contributed by atoms with Gasteiger partial charge in [0.15, 0.2) is 0 Å². The van der Waals surface area contributed by atoms with E-state index in [2.05, 4.69) is 12.3 Å². The molecule has 3 N–H and O–H groups in total. The fourth-order valence-corrected chi connectivity index (χ4v) is 5.38. The van der Waals surface area contributed by atoms with E-state index >= 15 is 0 Å². The zero-order chi connectivity index (χ0) is 15.8. The van der Waals surface area contributed by atoms with Crippen LogP contribution in [0.25, 0.3) is 0 Å². The van der Waals surface area contributed by atoms with E-state index in [1.54, 1.807) is 16.4 Å². The number of sulfonamides is 1. The highest BCUT2D eigenvalue weighted by Gasteiger charge is 2.36. The van der Waals surface area contributed by atoms with Crippen LogP contribution in [-0.4, -0.2) is 25.3 Å². The second-order valence-corrected chi connectivity index (χ2v) is 7.89. The van der Waals surface area contributed by atoms with E-state index in [9.17, 15) is 8.42 Å². The van der Waals surface area contributed by atoms with E-state index in [4.69, 9.17) is 5.84 Å². The van der Waals surface area contributed by atoms with Crippen molar-refractivity contribution in [2.45, 2.75) is 51.5 Å². The van der Waals surface area contributed by atoms with E-state index in [1.165, 1.54) is 0 Å². The largest absolute Gasteiger partial charge is 0.324 e. The number of nitrogen functional groups attached to an aromatic ring is 1. The van der Waals surface area contributed by atoms with Crippen LogP contribution in [0.4, 0.5) is 5.69 Å². The first-order chi connectivity index (χ1) is 9.78. The Bertz CT molecular complexity index is 605. The summed E-state index contributed by atoms with van der Waals surface area (Å²) >= 11 is 0. The Balaban J connectivity index is 2.49. The number of nitrogens with two attached hydrogens (primary N) is 1. The van der Waals surface area contributed by atoms with Gasteiger partial charge in [0, 0.05) is 18.3 Å². The van der Waals surface area contributed by atoms with E-state index in [-0.39, 0.29) is 6.04 Å². The third kappa shape index (κ3) is 2.93. The monoisotopic (exact) mass is 311 g/mol. The summed E-state index contributed by atoms with van der Waals surface area (Å²) in [6, 6.07) is 3.59. The molecule has 5 nitrogen and oxygen atoms in total. The maximum Gasteiger partial charge on any atom is 0.243 e. The SMILES string of the molecule is Cc1cc(NN)cc(C)c1S(=O)(=O)N1CCCC(C)C1C. The van der Waals surface area contributed by atoms with Crippen molar-refractivity contribution in [3.05, 3.63) is 23.3 Å². The molecular formula is C15H25N3O2S. The van der Waals surface area contributed by atoms with Crippen molar-refractivity contribution in [1.82, 2.24) is 4.31 Å². The number of aryl methyl sites for hydroxylation is 2. The molecule has 21 heavy (non-hydrogen) atoms. The number of nitrogens with one attached hydrogen (secondary N) is 1. The van der Waals surface area contributed by atoms with Crippen molar-refractivity contribution in [2.75, 3.05) is 12.0 Å². The van der Waals surface area contributed by atoms with Gasteiger partial charge in [0.2, 0.25) is 10.0 Å². The van der Waals surface area contributed by atoms with Gasteiger partial charge in [-0.15, -0.1) is 0 Å². The van der Waals surface area contributed by atoms with E-state index in [1.807, 2.05) is 20.8 Å². The van der Waals surface area contributed by atoms with Crippen molar-refractivity contribution in [2.24, 2.45) is 11.8 Å². The van der Waals surface area contributed by atoms with Gasteiger partial charge >= 0.3 is 0 Å². The van der Waals surface area contributed by atoms with Gasteiger partial charge < -0.3 is 5.43 Å². The van der Waals surface area contributed by atoms with Gasteiger partial charge in [-0.1, -0.05) is 6.92 Å². The predicted octanol–water partition coefficient (Wildman–Crippen LogP) is 2.40. The smallest absolute Gasteiger partial charge is 0.243 e. The Morgan fingerprint density at radius 2 is 1.81 bits per heavy atom. The quantitative estimate of drug-likeness (QED) is 0.664. The molecule has 1 aliphatic heterocycles. The molecule has 2 atom stereocenters. The number of hydrazine groups is 1. The second-order valence-electron chi connectivity index (χ2n) is 6.06. The van der Waals surface area contributed by atoms with Gasteiger partial charge in [-0.2, -0.15) is 4.31 Å². The number of hydrogen-bond donors (Lipinski definition) is 2. The highest BCUT2D eigenvalue weighted by Crippen LogP contribution is 2.32. The Morgan fingerprint density at radius 1 is 1.24 bits per heavy atom. The summed E-state index contributed by atoms with van der Waals surface area (Å²) in [6.07, 6.45) is 2.01. The molecular weight excluding hydrogens is 286 g/mol. The number of piperidine rings is 1. The van der Waals surface area contributed by atoms with Crippen LogP contribution in [0.15, 0.2) is 17.0 Å². The molecule has 0 aliphatic carbocycles. The Labute approximate surface area is 127 Å². The van der Waals surface area contributed by atoms with E-state index < -0.39 is 10.0 Å². The lowest BCUT2D eigenvalue weighted by Gasteiger charge is -2.37. The number of nitrogens with zero attached hydrogens (tertiary/aromatic N) is 1. The molecule has 1 heterocycles. The summed E-state index contributed by atoms with van der Waals surface area (Å²) in [6.45, 7) is 8.36. The molecule has 0 spiro atoms. The van der Waals surface area contributed by atoms with E-state index in [0.29, 0.717) is 17.4 Å². The van der Waals surface area contributed by atoms with Crippen molar-refractivity contribution in [3.8, 4) is 0 Å². The van der Waals surface area contributed by atoms with Crippen LogP contribution < -0.4 is 11.3 Å². The van der Waals surface area contributed by atoms with Gasteiger partial charge in [0.1, 0.15) is 0 Å². The zero-order valence-electron chi connectivity index (χ0n) is 13.2. The molecule has 0 amide bonds. The van der Waals surface area contributed by atoms with Crippen molar-refractivity contribution in [1.29, 1.82) is 0 Å². The average molecular weight is 311 g/mol. The van der Waals surface area contributed by atoms with Gasteiger partial charge in [-0.25, -0.2) is 8.42 Å². The molecule has 0 saturated carbocycles. The van der Waals surface area contributed by atoms with Crippen LogP contribution >= 0.6 is 0 Å². The predicted molar refractivity (Wildman–Crippen MR) is 85.5 cm³/mol. The summed E-state index contributed by atoms with van der Waals surface area (Å²) in [7, 11) is -3.47. The van der Waals surface area contributed by atoms with Crippen molar-refractivity contribution >= 4 is 15.7 Å². The molecule has 2 rings (SSSR count). The van der Waals surface area contributed by atoms with Crippen LogP contribution in [0.5, 0.6) is 0 Å². The van der Waals surface area contributed by atoms with Crippen molar-refractivity contribution in [3.63, 3.8) is 0 Å². The molecule has 2 unspecified atom stereocenters. The molecule has 0 radical (unpaired) electrons. The summed E-state index contributed by atoms with van der Waals surface area (Å²) in [5.74, 6) is 5.81. The lowest BCUT2D eigenvalue weighted by atomic mass is 9.94. The Hall–Kier alpha value is -1.11. The van der Waals surface area contributed by atoms with Crippen LogP contribution in [0.2, 0.25) is 0 Å². The number of anilines is 1. The van der Waals surface area contributed by atoms with Crippen LogP contribution in [-0.2, 0) is 10.0 Å². The minimum Gasteiger partial charge on any atom is -0.324 e. The van der Waals surface area contributed by atoms with Crippen LogP contribution in [0.1, 0.15) is 37.8 Å². The van der Waals surface area contributed by atoms with Crippen molar-refractivity contribution < 1.29 is 8.42 Å². The first kappa shape index (κ1) is 16.3. The van der Waals surface area contributed by atoms with E-state index in [0.717, 1.165) is 29.7 Å². The Kier molecular flexibility index (Phi) is 4.60. The highest BCUT2D eigenvalue weighted by molar-refractivity contribution is 7.89. The van der Waals surface area contributed by atoms with Crippen LogP contribution in [0.3, 0.4) is 0 Å². The molecule has 1 saturated heterocycles. The fourth-order valence-electron chi connectivity index (χ4n) is 3.19. The van der Waals surface area contributed by atoms with Crippen LogP contribution in [0, 0.1) is 19.8 Å². The summed E-state index contributed by atoms with van der Waals surface area (Å²) < 4.78 is 27.8. The standard InChI is InChI=1S/C15H25N3O2S/c1-10-6-5-7-18(13(10)4)21(19,20)15-11(2)8-14(17-16)9-12(15)3/h8-10,13,17H,5-7,16H2,1-4H3. The first-order valence-corrected chi connectivity index (χ1v) is 8.82. The third-order valence-electron chi connectivity index (χ3n) is 4.51. The molecule has 1 aliphatic rings. The number of rotatable bonds is 3. The molecule has 1 aromatic rings.